The highest BCUT2D eigenvalue weighted by Gasteiger charge is 2.05. The zero-order valence-corrected chi connectivity index (χ0v) is 7.65. The first-order valence-corrected chi connectivity index (χ1v) is 4.07. The molecule has 0 aliphatic carbocycles. The van der Waals surface area contributed by atoms with Gasteiger partial charge < -0.3 is 4.42 Å². The molecule has 0 saturated carbocycles. The van der Waals surface area contributed by atoms with E-state index in [1.165, 1.54) is 6.26 Å². The zero-order valence-electron chi connectivity index (χ0n) is 7.65. The van der Waals surface area contributed by atoms with E-state index in [-0.39, 0.29) is 11.7 Å². The van der Waals surface area contributed by atoms with Crippen molar-refractivity contribution < 1.29 is 9.21 Å². The molecule has 13 heavy (non-hydrogen) atoms. The summed E-state index contributed by atoms with van der Waals surface area (Å²) >= 11 is 0. The van der Waals surface area contributed by atoms with Crippen molar-refractivity contribution in [1.29, 1.82) is 0 Å². The van der Waals surface area contributed by atoms with E-state index in [4.69, 9.17) is 4.42 Å². The van der Waals surface area contributed by atoms with Crippen LogP contribution in [0, 0.1) is 5.92 Å². The normalized spacial score (nSPS) is 11.0. The fourth-order valence-corrected chi connectivity index (χ4v) is 0.708. The molecule has 0 bridgehead atoms. The van der Waals surface area contributed by atoms with Crippen molar-refractivity contribution in [2.75, 3.05) is 0 Å². The molecule has 0 spiro atoms. The fourth-order valence-electron chi connectivity index (χ4n) is 0.708. The van der Waals surface area contributed by atoms with Crippen molar-refractivity contribution in [3.8, 4) is 0 Å². The Balaban J connectivity index is 2.43. The van der Waals surface area contributed by atoms with E-state index >= 15 is 0 Å². The lowest BCUT2D eigenvalue weighted by Gasteiger charge is -1.95. The molecule has 1 rings (SSSR count). The molecule has 0 fully saturated rings. The van der Waals surface area contributed by atoms with Gasteiger partial charge in [-0.15, -0.1) is 0 Å². The number of amides is 1. The van der Waals surface area contributed by atoms with E-state index in [1.54, 1.807) is 18.3 Å². The second-order valence-corrected chi connectivity index (χ2v) is 2.94. The summed E-state index contributed by atoms with van der Waals surface area (Å²) in [5, 5.41) is 3.74. The average molecular weight is 180 g/mol. The van der Waals surface area contributed by atoms with Crippen LogP contribution in [-0.4, -0.2) is 12.1 Å². The third-order valence-corrected chi connectivity index (χ3v) is 1.28. The lowest BCUT2D eigenvalue weighted by atomic mass is 10.3. The van der Waals surface area contributed by atoms with Crippen molar-refractivity contribution in [3.63, 3.8) is 0 Å². The molecule has 0 radical (unpaired) electrons. The van der Waals surface area contributed by atoms with Crippen LogP contribution < -0.4 is 5.43 Å². The maximum atomic E-state index is 11.2. The Bertz CT molecular complexity index is 289. The van der Waals surface area contributed by atoms with Crippen molar-refractivity contribution in [2.24, 2.45) is 11.0 Å². The van der Waals surface area contributed by atoms with Gasteiger partial charge in [0.1, 0.15) is 0 Å². The first kappa shape index (κ1) is 9.51. The number of furan rings is 1. The molecule has 0 aromatic carbocycles. The number of hydrogen-bond acceptors (Lipinski definition) is 3. The lowest BCUT2D eigenvalue weighted by Crippen LogP contribution is -2.17. The van der Waals surface area contributed by atoms with Crippen molar-refractivity contribution in [3.05, 3.63) is 24.2 Å². The van der Waals surface area contributed by atoms with Crippen molar-refractivity contribution >= 4 is 12.1 Å². The average Bonchev–Trinajstić information content (AvgIpc) is 2.55. The van der Waals surface area contributed by atoms with E-state index in [2.05, 4.69) is 10.5 Å². The SMILES string of the molecule is CC(C)/C=N/NC(=O)c1ccco1. The van der Waals surface area contributed by atoms with Crippen LogP contribution >= 0.6 is 0 Å². The van der Waals surface area contributed by atoms with Gasteiger partial charge in [-0.25, -0.2) is 5.43 Å². The van der Waals surface area contributed by atoms with Crippen LogP contribution in [0.15, 0.2) is 27.9 Å². The molecular formula is C9H12N2O2. The largest absolute Gasteiger partial charge is 0.459 e. The summed E-state index contributed by atoms with van der Waals surface area (Å²) in [7, 11) is 0. The van der Waals surface area contributed by atoms with Crippen molar-refractivity contribution in [1.82, 2.24) is 5.43 Å². The van der Waals surface area contributed by atoms with Gasteiger partial charge in [0, 0.05) is 6.21 Å². The van der Waals surface area contributed by atoms with Gasteiger partial charge in [-0.3, -0.25) is 4.79 Å². The molecule has 0 unspecified atom stereocenters. The maximum absolute atomic E-state index is 11.2. The van der Waals surface area contributed by atoms with E-state index in [9.17, 15) is 4.79 Å². The second kappa shape index (κ2) is 4.45. The monoisotopic (exact) mass is 180 g/mol. The second-order valence-electron chi connectivity index (χ2n) is 2.94. The molecule has 0 atom stereocenters. The van der Waals surface area contributed by atoms with E-state index in [0.29, 0.717) is 5.92 Å². The number of carbonyl (C=O) groups is 1. The summed E-state index contributed by atoms with van der Waals surface area (Å²) < 4.78 is 4.87. The van der Waals surface area contributed by atoms with Gasteiger partial charge in [0.2, 0.25) is 0 Å². The predicted molar refractivity (Wildman–Crippen MR) is 49.5 cm³/mol. The Morgan fingerprint density at radius 3 is 3.00 bits per heavy atom. The first-order chi connectivity index (χ1) is 6.20. The summed E-state index contributed by atoms with van der Waals surface area (Å²) in [5.41, 5.74) is 2.35. The van der Waals surface area contributed by atoms with Gasteiger partial charge in [0.05, 0.1) is 6.26 Å². The molecule has 1 amide bonds. The van der Waals surface area contributed by atoms with Crippen LogP contribution in [0.5, 0.6) is 0 Å². The smallest absolute Gasteiger partial charge is 0.307 e. The number of hydrazone groups is 1. The third-order valence-electron chi connectivity index (χ3n) is 1.28. The van der Waals surface area contributed by atoms with Crippen LogP contribution in [0.2, 0.25) is 0 Å². The molecule has 1 heterocycles. The summed E-state index contributed by atoms with van der Waals surface area (Å²) in [6.07, 6.45) is 3.10. The van der Waals surface area contributed by atoms with E-state index in [0.717, 1.165) is 0 Å². The standard InChI is InChI=1S/C9H12N2O2/c1-7(2)6-10-11-9(12)8-4-3-5-13-8/h3-7H,1-2H3,(H,11,12)/b10-6+. The minimum absolute atomic E-state index is 0.265. The summed E-state index contributed by atoms with van der Waals surface area (Å²) in [6.45, 7) is 3.95. The molecule has 1 aromatic rings. The highest BCUT2D eigenvalue weighted by molar-refractivity contribution is 5.91. The Kier molecular flexibility index (Phi) is 3.25. The van der Waals surface area contributed by atoms with E-state index < -0.39 is 0 Å². The van der Waals surface area contributed by atoms with Gasteiger partial charge >= 0.3 is 5.91 Å². The number of rotatable bonds is 3. The Morgan fingerprint density at radius 1 is 1.69 bits per heavy atom. The lowest BCUT2D eigenvalue weighted by molar-refractivity contribution is 0.0927. The van der Waals surface area contributed by atoms with Crippen LogP contribution in [0.3, 0.4) is 0 Å². The quantitative estimate of drug-likeness (QED) is 0.568. The Labute approximate surface area is 76.6 Å². The summed E-state index contributed by atoms with van der Waals surface area (Å²) in [4.78, 5) is 11.2. The molecule has 4 nitrogen and oxygen atoms in total. The number of nitrogens with zero attached hydrogens (tertiary/aromatic N) is 1. The molecule has 0 aliphatic rings. The molecule has 1 aromatic heterocycles. The number of nitrogens with one attached hydrogen (secondary N) is 1. The minimum Gasteiger partial charge on any atom is -0.459 e. The Morgan fingerprint density at radius 2 is 2.46 bits per heavy atom. The predicted octanol–water partition coefficient (Wildman–Crippen LogP) is 1.65. The van der Waals surface area contributed by atoms with Crippen LogP contribution in [0.25, 0.3) is 0 Å². The maximum Gasteiger partial charge on any atom is 0.307 e. The molecular weight excluding hydrogens is 168 g/mol. The van der Waals surface area contributed by atoms with Gasteiger partial charge in [0.25, 0.3) is 0 Å². The first-order valence-electron chi connectivity index (χ1n) is 4.07. The molecule has 70 valence electrons. The highest BCUT2D eigenvalue weighted by Crippen LogP contribution is 1.98. The zero-order chi connectivity index (χ0) is 9.68. The molecule has 0 aliphatic heterocycles. The number of hydrogen-bond donors (Lipinski definition) is 1. The van der Waals surface area contributed by atoms with Gasteiger partial charge in [0.15, 0.2) is 5.76 Å². The van der Waals surface area contributed by atoms with Crippen LogP contribution in [-0.2, 0) is 0 Å². The third kappa shape index (κ3) is 3.11. The fraction of sp³-hybridized carbons (Fsp3) is 0.333. The van der Waals surface area contributed by atoms with Crippen LogP contribution in [0.1, 0.15) is 24.4 Å². The molecule has 0 saturated heterocycles. The van der Waals surface area contributed by atoms with Gasteiger partial charge in [-0.1, -0.05) is 13.8 Å². The van der Waals surface area contributed by atoms with Crippen LogP contribution in [0.4, 0.5) is 0 Å². The highest BCUT2D eigenvalue weighted by atomic mass is 16.3. The molecule has 4 heteroatoms. The topological polar surface area (TPSA) is 54.6 Å². The van der Waals surface area contributed by atoms with Gasteiger partial charge in [-0.2, -0.15) is 5.10 Å². The van der Waals surface area contributed by atoms with E-state index in [1.807, 2.05) is 13.8 Å². The summed E-state index contributed by atoms with van der Waals surface area (Å²) in [5.74, 6) is 0.250. The van der Waals surface area contributed by atoms with Crippen molar-refractivity contribution in [2.45, 2.75) is 13.8 Å². The minimum atomic E-state index is -0.332. The van der Waals surface area contributed by atoms with Gasteiger partial charge in [-0.05, 0) is 18.1 Å². The summed E-state index contributed by atoms with van der Waals surface area (Å²) in [6, 6.07) is 3.24. The number of carbonyl (C=O) groups excluding carboxylic acids is 1. The Hall–Kier alpha value is -1.58. The molecule has 1 N–H and O–H groups in total.